The summed E-state index contributed by atoms with van der Waals surface area (Å²) in [4.78, 5) is 8.30. The Kier molecular flexibility index (Phi) is 2.21. The standard InChI is InChI=1S/C8H5Br2N3/c9-5-3-6(10)12-8-4(5)1-2-7(11)13-8/h1-3H,(H2,11,12,13). The van der Waals surface area contributed by atoms with Gasteiger partial charge < -0.3 is 5.73 Å². The molecule has 0 aliphatic rings. The van der Waals surface area contributed by atoms with Crippen LogP contribution in [0.3, 0.4) is 0 Å². The minimum absolute atomic E-state index is 0.477. The predicted molar refractivity (Wildman–Crippen MR) is 59.4 cm³/mol. The number of nitrogens with zero attached hydrogens (tertiary/aromatic N) is 2. The van der Waals surface area contributed by atoms with E-state index < -0.39 is 0 Å². The molecule has 0 saturated heterocycles. The topological polar surface area (TPSA) is 51.8 Å². The van der Waals surface area contributed by atoms with E-state index in [0.29, 0.717) is 11.5 Å². The van der Waals surface area contributed by atoms with Crippen LogP contribution >= 0.6 is 31.9 Å². The van der Waals surface area contributed by atoms with E-state index in [9.17, 15) is 0 Å². The van der Waals surface area contributed by atoms with Crippen LogP contribution in [0.15, 0.2) is 27.3 Å². The molecule has 0 atom stereocenters. The molecule has 66 valence electrons. The third-order valence-corrected chi connectivity index (χ3v) is 2.67. The molecule has 5 heteroatoms. The first-order valence-corrected chi connectivity index (χ1v) is 5.14. The van der Waals surface area contributed by atoms with Gasteiger partial charge in [-0.25, -0.2) is 9.97 Å². The van der Waals surface area contributed by atoms with Crippen LogP contribution in [0, 0.1) is 0 Å². The fraction of sp³-hybridized carbons (Fsp3) is 0. The van der Waals surface area contributed by atoms with E-state index in [1.807, 2.05) is 12.1 Å². The molecule has 0 aromatic carbocycles. The minimum atomic E-state index is 0.477. The van der Waals surface area contributed by atoms with Crippen molar-refractivity contribution < 1.29 is 0 Å². The summed E-state index contributed by atoms with van der Waals surface area (Å²) in [5, 5.41) is 0.956. The smallest absolute Gasteiger partial charge is 0.163 e. The molecule has 0 radical (unpaired) electrons. The van der Waals surface area contributed by atoms with E-state index in [0.717, 1.165) is 14.5 Å². The summed E-state index contributed by atoms with van der Waals surface area (Å²) in [6.45, 7) is 0. The van der Waals surface area contributed by atoms with Crippen molar-refractivity contribution in [1.29, 1.82) is 0 Å². The molecule has 0 saturated carbocycles. The van der Waals surface area contributed by atoms with Gasteiger partial charge in [-0.15, -0.1) is 0 Å². The molecule has 3 nitrogen and oxygen atoms in total. The van der Waals surface area contributed by atoms with Gasteiger partial charge in [0.2, 0.25) is 0 Å². The van der Waals surface area contributed by atoms with Crippen LogP contribution in [0.25, 0.3) is 11.0 Å². The molecule has 2 N–H and O–H groups in total. The number of fused-ring (bicyclic) bond motifs is 1. The third kappa shape index (κ3) is 1.66. The number of hydrogen-bond donors (Lipinski definition) is 1. The monoisotopic (exact) mass is 301 g/mol. The molecule has 0 unspecified atom stereocenters. The van der Waals surface area contributed by atoms with Crippen molar-refractivity contribution in [2.24, 2.45) is 0 Å². The zero-order valence-electron chi connectivity index (χ0n) is 6.46. The Balaban J connectivity index is 2.86. The van der Waals surface area contributed by atoms with Crippen LogP contribution in [-0.2, 0) is 0 Å². The molecule has 2 rings (SSSR count). The zero-order chi connectivity index (χ0) is 9.42. The number of hydrogen-bond acceptors (Lipinski definition) is 3. The second-order valence-corrected chi connectivity index (χ2v) is 4.20. The summed E-state index contributed by atoms with van der Waals surface area (Å²) in [6.07, 6.45) is 0. The minimum Gasteiger partial charge on any atom is -0.384 e. The lowest BCUT2D eigenvalue weighted by Crippen LogP contribution is -1.92. The van der Waals surface area contributed by atoms with Crippen LogP contribution in [0.5, 0.6) is 0 Å². The van der Waals surface area contributed by atoms with Gasteiger partial charge in [-0.05, 0) is 50.1 Å². The summed E-state index contributed by atoms with van der Waals surface area (Å²) >= 11 is 6.71. The highest BCUT2D eigenvalue weighted by Gasteiger charge is 2.03. The van der Waals surface area contributed by atoms with E-state index in [1.165, 1.54) is 0 Å². The van der Waals surface area contributed by atoms with Crippen molar-refractivity contribution in [1.82, 2.24) is 9.97 Å². The maximum Gasteiger partial charge on any atom is 0.163 e. The predicted octanol–water partition coefficient (Wildman–Crippen LogP) is 2.74. The van der Waals surface area contributed by atoms with Gasteiger partial charge in [0, 0.05) is 9.86 Å². The molecule has 2 aromatic heterocycles. The van der Waals surface area contributed by atoms with Crippen molar-refractivity contribution in [2.45, 2.75) is 0 Å². The van der Waals surface area contributed by atoms with Crippen molar-refractivity contribution in [2.75, 3.05) is 5.73 Å². The second-order valence-electron chi connectivity index (χ2n) is 2.53. The van der Waals surface area contributed by atoms with Crippen LogP contribution < -0.4 is 5.73 Å². The van der Waals surface area contributed by atoms with E-state index in [1.54, 1.807) is 6.07 Å². The van der Waals surface area contributed by atoms with Gasteiger partial charge in [0.1, 0.15) is 10.4 Å². The van der Waals surface area contributed by atoms with Gasteiger partial charge in [0.15, 0.2) is 5.65 Å². The molecule has 0 aliphatic heterocycles. The highest BCUT2D eigenvalue weighted by molar-refractivity contribution is 9.11. The SMILES string of the molecule is Nc1ccc2c(Br)cc(Br)nc2n1. The Bertz CT molecular complexity index is 465. The first kappa shape index (κ1) is 8.90. The normalized spacial score (nSPS) is 10.6. The third-order valence-electron chi connectivity index (χ3n) is 1.61. The zero-order valence-corrected chi connectivity index (χ0v) is 9.63. The van der Waals surface area contributed by atoms with Crippen LogP contribution in [-0.4, -0.2) is 9.97 Å². The molecular weight excluding hydrogens is 298 g/mol. The Morgan fingerprint density at radius 3 is 2.69 bits per heavy atom. The highest BCUT2D eigenvalue weighted by atomic mass is 79.9. The maximum absolute atomic E-state index is 5.54. The number of halogens is 2. The molecule has 0 bridgehead atoms. The molecule has 2 heterocycles. The lowest BCUT2D eigenvalue weighted by Gasteiger charge is -2.00. The van der Waals surface area contributed by atoms with Crippen molar-refractivity contribution in [3.05, 3.63) is 27.3 Å². The second kappa shape index (κ2) is 3.23. The van der Waals surface area contributed by atoms with Gasteiger partial charge in [0.05, 0.1) is 0 Å². The quantitative estimate of drug-likeness (QED) is 0.761. The molecule has 13 heavy (non-hydrogen) atoms. The molecule has 0 spiro atoms. The van der Waals surface area contributed by atoms with Crippen molar-refractivity contribution >= 4 is 48.7 Å². The number of nitrogens with two attached hydrogens (primary N) is 1. The molecule has 2 aromatic rings. The number of pyridine rings is 2. The number of nitrogen functional groups attached to an aromatic ring is 1. The molecule has 0 aliphatic carbocycles. The van der Waals surface area contributed by atoms with Gasteiger partial charge >= 0.3 is 0 Å². The maximum atomic E-state index is 5.54. The number of aromatic nitrogens is 2. The molecule has 0 fully saturated rings. The lowest BCUT2D eigenvalue weighted by molar-refractivity contribution is 1.26. The van der Waals surface area contributed by atoms with E-state index >= 15 is 0 Å². The summed E-state index contributed by atoms with van der Waals surface area (Å²) in [6, 6.07) is 5.52. The summed E-state index contributed by atoms with van der Waals surface area (Å²) in [5.74, 6) is 0.477. The number of anilines is 1. The largest absolute Gasteiger partial charge is 0.384 e. The summed E-state index contributed by atoms with van der Waals surface area (Å²) in [7, 11) is 0. The summed E-state index contributed by atoms with van der Waals surface area (Å²) < 4.78 is 1.70. The fourth-order valence-electron chi connectivity index (χ4n) is 1.05. The molecule has 0 amide bonds. The van der Waals surface area contributed by atoms with Crippen molar-refractivity contribution in [3.63, 3.8) is 0 Å². The Labute approximate surface area is 91.6 Å². The average Bonchev–Trinajstić information content (AvgIpc) is 2.02. The van der Waals surface area contributed by atoms with Crippen molar-refractivity contribution in [3.8, 4) is 0 Å². The lowest BCUT2D eigenvalue weighted by atomic mass is 10.3. The van der Waals surface area contributed by atoms with Gasteiger partial charge in [-0.3, -0.25) is 0 Å². The summed E-state index contributed by atoms with van der Waals surface area (Å²) in [5.41, 5.74) is 6.18. The van der Waals surface area contributed by atoms with E-state index in [-0.39, 0.29) is 0 Å². The first-order valence-electron chi connectivity index (χ1n) is 3.55. The average molecular weight is 303 g/mol. The van der Waals surface area contributed by atoms with Gasteiger partial charge in [0.25, 0.3) is 0 Å². The Hall–Kier alpha value is -0.680. The van der Waals surface area contributed by atoms with Gasteiger partial charge in [-0.2, -0.15) is 0 Å². The fourth-order valence-corrected chi connectivity index (χ4v) is 2.28. The first-order chi connectivity index (χ1) is 6.16. The Morgan fingerprint density at radius 2 is 1.92 bits per heavy atom. The van der Waals surface area contributed by atoms with Gasteiger partial charge in [-0.1, -0.05) is 0 Å². The number of rotatable bonds is 0. The molecular formula is C8H5Br2N3. The Morgan fingerprint density at radius 1 is 1.15 bits per heavy atom. The highest BCUT2D eigenvalue weighted by Crippen LogP contribution is 2.25. The van der Waals surface area contributed by atoms with E-state index in [4.69, 9.17) is 5.73 Å². The van der Waals surface area contributed by atoms with E-state index in [2.05, 4.69) is 41.8 Å². The van der Waals surface area contributed by atoms with Crippen LogP contribution in [0.1, 0.15) is 0 Å². The van der Waals surface area contributed by atoms with Crippen LogP contribution in [0.4, 0.5) is 5.82 Å². The van der Waals surface area contributed by atoms with Crippen LogP contribution in [0.2, 0.25) is 0 Å².